The Morgan fingerprint density at radius 3 is 2.78 bits per heavy atom. The minimum Gasteiger partial charge on any atom is -0.383 e. The van der Waals surface area contributed by atoms with Gasteiger partial charge in [-0.05, 0) is 38.8 Å². The molecule has 1 aliphatic heterocycles. The molecular formula is C21H24N4O2. The van der Waals surface area contributed by atoms with Crippen molar-refractivity contribution in [1.29, 1.82) is 0 Å². The van der Waals surface area contributed by atoms with Crippen LogP contribution in [0.4, 0.5) is 5.82 Å². The number of benzene rings is 1. The number of nitrogens with zero attached hydrogens (tertiary/aromatic N) is 3. The van der Waals surface area contributed by atoms with Crippen molar-refractivity contribution < 1.29 is 9.47 Å². The summed E-state index contributed by atoms with van der Waals surface area (Å²) in [7, 11) is 0. The lowest BCUT2D eigenvalue weighted by atomic mass is 9.94. The molecule has 2 fully saturated rings. The Bertz CT molecular complexity index is 1010. The van der Waals surface area contributed by atoms with Gasteiger partial charge in [-0.1, -0.05) is 29.8 Å². The number of anilines is 1. The number of hydrogen-bond donors (Lipinski definition) is 1. The molecule has 27 heavy (non-hydrogen) atoms. The quantitative estimate of drug-likeness (QED) is 0.752. The highest BCUT2D eigenvalue weighted by Crippen LogP contribution is 2.51. The van der Waals surface area contributed by atoms with Gasteiger partial charge in [0.1, 0.15) is 23.9 Å². The number of aryl methyl sites for hydroxylation is 1. The first kappa shape index (κ1) is 16.7. The molecule has 2 aromatic heterocycles. The summed E-state index contributed by atoms with van der Waals surface area (Å²) in [6.45, 7) is 6.11. The van der Waals surface area contributed by atoms with E-state index in [1.807, 2.05) is 26.1 Å². The number of fused-ring (bicyclic) bond motifs is 2. The van der Waals surface area contributed by atoms with Crippen molar-refractivity contribution in [2.45, 2.75) is 57.1 Å². The van der Waals surface area contributed by atoms with E-state index < -0.39 is 5.79 Å². The van der Waals surface area contributed by atoms with Gasteiger partial charge in [-0.2, -0.15) is 0 Å². The summed E-state index contributed by atoms with van der Waals surface area (Å²) in [6.07, 6.45) is 4.49. The first-order valence-corrected chi connectivity index (χ1v) is 9.42. The molecule has 3 heterocycles. The van der Waals surface area contributed by atoms with Crippen molar-refractivity contribution in [3.8, 4) is 0 Å². The second-order valence-corrected chi connectivity index (χ2v) is 8.11. The molecule has 0 radical (unpaired) electrons. The summed E-state index contributed by atoms with van der Waals surface area (Å²) in [5.74, 6) is 0.193. The van der Waals surface area contributed by atoms with Gasteiger partial charge < -0.3 is 19.8 Å². The van der Waals surface area contributed by atoms with E-state index in [1.54, 1.807) is 0 Å². The standard InChI is InChI=1S/C21H24N4O2/c1-12-5-4-6-13(9-12)15-10-16(18-17(15)26-21(2,3)27-18)25-8-7-14-19(22)23-11-24-20(14)25/h4-9,11,15-18H,10H2,1-3H3,(H2,22,23,24)/t15-,16-,17-,18+/m1/s1. The van der Waals surface area contributed by atoms with E-state index in [0.717, 1.165) is 17.5 Å². The molecule has 0 unspecified atom stereocenters. The Balaban J connectivity index is 1.59. The Kier molecular flexibility index (Phi) is 3.58. The largest absolute Gasteiger partial charge is 0.383 e. The van der Waals surface area contributed by atoms with Gasteiger partial charge in [0.25, 0.3) is 0 Å². The lowest BCUT2D eigenvalue weighted by molar-refractivity contribution is -0.157. The average Bonchev–Trinajstić information content (AvgIpc) is 3.26. The minimum absolute atomic E-state index is 0.0171. The molecule has 0 spiro atoms. The first-order valence-electron chi connectivity index (χ1n) is 9.42. The highest BCUT2D eigenvalue weighted by Gasteiger charge is 2.55. The van der Waals surface area contributed by atoms with Gasteiger partial charge in [-0.25, -0.2) is 9.97 Å². The van der Waals surface area contributed by atoms with Crippen molar-refractivity contribution in [3.05, 3.63) is 54.0 Å². The maximum absolute atomic E-state index is 6.35. The normalized spacial score (nSPS) is 29.3. The monoisotopic (exact) mass is 364 g/mol. The number of rotatable bonds is 2. The third kappa shape index (κ3) is 2.63. The van der Waals surface area contributed by atoms with E-state index in [0.29, 0.717) is 5.82 Å². The van der Waals surface area contributed by atoms with Crippen LogP contribution >= 0.6 is 0 Å². The molecule has 1 aromatic carbocycles. The van der Waals surface area contributed by atoms with Gasteiger partial charge in [-0.15, -0.1) is 0 Å². The Labute approximate surface area is 158 Å². The molecule has 0 amide bonds. The van der Waals surface area contributed by atoms with Gasteiger partial charge >= 0.3 is 0 Å². The Hall–Kier alpha value is -2.44. The first-order chi connectivity index (χ1) is 12.9. The van der Waals surface area contributed by atoms with Crippen LogP contribution in [-0.4, -0.2) is 32.5 Å². The molecule has 0 bridgehead atoms. The van der Waals surface area contributed by atoms with Crippen LogP contribution in [0.3, 0.4) is 0 Å². The van der Waals surface area contributed by atoms with E-state index in [9.17, 15) is 0 Å². The molecule has 4 atom stereocenters. The zero-order chi connectivity index (χ0) is 18.8. The van der Waals surface area contributed by atoms with Crippen molar-refractivity contribution >= 4 is 16.9 Å². The smallest absolute Gasteiger partial charge is 0.163 e. The molecule has 2 aliphatic rings. The number of nitrogens with two attached hydrogens (primary N) is 1. The van der Waals surface area contributed by atoms with Gasteiger partial charge in [0, 0.05) is 12.1 Å². The SMILES string of the molecule is Cc1cccc([C@H]2C[C@@H](n3ccc4c(N)ncnc43)[C@@H]3OC(C)(C)O[C@@H]32)c1. The van der Waals surface area contributed by atoms with E-state index in [2.05, 4.69) is 45.7 Å². The highest BCUT2D eigenvalue weighted by molar-refractivity contribution is 5.86. The molecule has 6 nitrogen and oxygen atoms in total. The topological polar surface area (TPSA) is 75.2 Å². The molecule has 6 heteroatoms. The zero-order valence-electron chi connectivity index (χ0n) is 15.8. The van der Waals surface area contributed by atoms with Crippen LogP contribution in [0.5, 0.6) is 0 Å². The van der Waals surface area contributed by atoms with E-state index in [-0.39, 0.29) is 24.2 Å². The van der Waals surface area contributed by atoms with Crippen LogP contribution in [-0.2, 0) is 9.47 Å². The van der Waals surface area contributed by atoms with Crippen molar-refractivity contribution in [2.75, 3.05) is 5.73 Å². The molecule has 1 saturated heterocycles. The van der Waals surface area contributed by atoms with Crippen LogP contribution in [0.25, 0.3) is 11.0 Å². The maximum atomic E-state index is 6.35. The molecule has 3 aromatic rings. The van der Waals surface area contributed by atoms with Gasteiger partial charge in [0.15, 0.2) is 5.79 Å². The lowest BCUT2D eigenvalue weighted by Gasteiger charge is -2.24. The zero-order valence-corrected chi connectivity index (χ0v) is 15.8. The van der Waals surface area contributed by atoms with Gasteiger partial charge in [0.2, 0.25) is 0 Å². The molecule has 5 rings (SSSR count). The van der Waals surface area contributed by atoms with Crippen LogP contribution in [0, 0.1) is 6.92 Å². The number of aromatic nitrogens is 3. The molecule has 2 N–H and O–H groups in total. The second-order valence-electron chi connectivity index (χ2n) is 8.11. The van der Waals surface area contributed by atoms with Crippen molar-refractivity contribution in [3.63, 3.8) is 0 Å². The van der Waals surface area contributed by atoms with Gasteiger partial charge in [0.05, 0.1) is 17.5 Å². The van der Waals surface area contributed by atoms with Crippen LogP contribution in [0.1, 0.15) is 43.4 Å². The summed E-state index contributed by atoms with van der Waals surface area (Å²) < 4.78 is 14.9. The van der Waals surface area contributed by atoms with Crippen molar-refractivity contribution in [1.82, 2.24) is 14.5 Å². The molecule has 1 saturated carbocycles. The van der Waals surface area contributed by atoms with Crippen LogP contribution in [0.15, 0.2) is 42.9 Å². The molecular weight excluding hydrogens is 340 g/mol. The third-order valence-corrected chi connectivity index (χ3v) is 5.80. The van der Waals surface area contributed by atoms with E-state index >= 15 is 0 Å². The lowest BCUT2D eigenvalue weighted by Crippen LogP contribution is -2.27. The fraction of sp³-hybridized carbons (Fsp3) is 0.429. The predicted octanol–water partition coefficient (Wildman–Crippen LogP) is 3.57. The number of hydrogen-bond acceptors (Lipinski definition) is 5. The van der Waals surface area contributed by atoms with Crippen LogP contribution < -0.4 is 5.73 Å². The summed E-state index contributed by atoms with van der Waals surface area (Å²) in [6, 6.07) is 10.8. The molecule has 140 valence electrons. The number of ether oxygens (including phenoxy) is 2. The summed E-state index contributed by atoms with van der Waals surface area (Å²) in [5.41, 5.74) is 9.45. The minimum atomic E-state index is -0.590. The van der Waals surface area contributed by atoms with Crippen molar-refractivity contribution in [2.24, 2.45) is 0 Å². The van der Waals surface area contributed by atoms with E-state index in [1.165, 1.54) is 17.5 Å². The Morgan fingerprint density at radius 2 is 1.96 bits per heavy atom. The summed E-state index contributed by atoms with van der Waals surface area (Å²) in [5, 5.41) is 0.881. The summed E-state index contributed by atoms with van der Waals surface area (Å²) >= 11 is 0. The molecule has 1 aliphatic carbocycles. The number of nitrogen functional groups attached to an aromatic ring is 1. The fourth-order valence-electron chi connectivity index (χ4n) is 4.71. The summed E-state index contributed by atoms with van der Waals surface area (Å²) in [4.78, 5) is 8.59. The average molecular weight is 364 g/mol. The fourth-order valence-corrected chi connectivity index (χ4v) is 4.71. The third-order valence-electron chi connectivity index (χ3n) is 5.80. The second kappa shape index (κ2) is 5.78. The predicted molar refractivity (Wildman–Crippen MR) is 103 cm³/mol. The highest BCUT2D eigenvalue weighted by atomic mass is 16.8. The maximum Gasteiger partial charge on any atom is 0.163 e. The van der Waals surface area contributed by atoms with Crippen LogP contribution in [0.2, 0.25) is 0 Å². The Morgan fingerprint density at radius 1 is 1.15 bits per heavy atom. The van der Waals surface area contributed by atoms with E-state index in [4.69, 9.17) is 15.2 Å². The van der Waals surface area contributed by atoms with Gasteiger partial charge in [-0.3, -0.25) is 0 Å².